The zero-order valence-electron chi connectivity index (χ0n) is 13.4. The first-order chi connectivity index (χ1) is 12.1. The smallest absolute Gasteiger partial charge is 0.271 e. The van der Waals surface area contributed by atoms with E-state index in [4.69, 9.17) is 11.6 Å². The van der Waals surface area contributed by atoms with Gasteiger partial charge in [0.15, 0.2) is 10.8 Å². The van der Waals surface area contributed by atoms with E-state index in [1.54, 1.807) is 21.9 Å². The van der Waals surface area contributed by atoms with Crippen molar-refractivity contribution < 1.29 is 4.79 Å². The van der Waals surface area contributed by atoms with Gasteiger partial charge in [0.05, 0.1) is 15.2 Å². The van der Waals surface area contributed by atoms with Crippen LogP contribution in [0.3, 0.4) is 0 Å². The van der Waals surface area contributed by atoms with Crippen molar-refractivity contribution in [1.82, 2.24) is 19.7 Å². The molecule has 0 spiro atoms. The van der Waals surface area contributed by atoms with Crippen LogP contribution in [0.2, 0.25) is 5.15 Å². The number of rotatable bonds is 4. The lowest BCUT2D eigenvalue weighted by Crippen LogP contribution is -2.28. The van der Waals surface area contributed by atoms with Crippen LogP contribution in [-0.4, -0.2) is 26.8 Å². The van der Waals surface area contributed by atoms with E-state index in [0.29, 0.717) is 17.9 Å². The molecule has 4 aromatic rings. The summed E-state index contributed by atoms with van der Waals surface area (Å²) in [6.07, 6.45) is 1.78. The largest absolute Gasteiger partial charge is 0.350 e. The van der Waals surface area contributed by atoms with Crippen molar-refractivity contribution in [2.24, 2.45) is 0 Å². The number of pyridine rings is 1. The molecule has 126 valence electrons. The van der Waals surface area contributed by atoms with Crippen molar-refractivity contribution in [2.45, 2.75) is 12.8 Å². The number of fused-ring (bicyclic) bond motifs is 2. The van der Waals surface area contributed by atoms with Crippen molar-refractivity contribution in [3.05, 3.63) is 64.5 Å². The minimum absolute atomic E-state index is 0.110. The summed E-state index contributed by atoms with van der Waals surface area (Å²) in [6.45, 7) is 2.53. The van der Waals surface area contributed by atoms with Gasteiger partial charge >= 0.3 is 0 Å². The number of carbonyl (C=O) groups is 1. The third-order valence-electron chi connectivity index (χ3n) is 4.00. The van der Waals surface area contributed by atoms with Gasteiger partial charge in [-0.2, -0.15) is 0 Å². The Morgan fingerprint density at radius 3 is 2.88 bits per heavy atom. The molecule has 0 saturated heterocycles. The Kier molecular flexibility index (Phi) is 4.15. The second kappa shape index (κ2) is 6.46. The second-order valence-corrected chi connectivity index (χ2v) is 7.23. The van der Waals surface area contributed by atoms with Gasteiger partial charge in [-0.15, -0.1) is 11.3 Å². The van der Waals surface area contributed by atoms with Gasteiger partial charge in [-0.1, -0.05) is 36.7 Å². The van der Waals surface area contributed by atoms with E-state index >= 15 is 0 Å². The van der Waals surface area contributed by atoms with Gasteiger partial charge in [0.1, 0.15) is 5.65 Å². The molecule has 0 fully saturated rings. The fourth-order valence-corrected chi connectivity index (χ4v) is 3.97. The molecule has 3 heterocycles. The summed E-state index contributed by atoms with van der Waals surface area (Å²) in [4.78, 5) is 21.4. The first-order valence-corrected chi connectivity index (χ1v) is 9.09. The number of amides is 1. The fraction of sp³-hybridized carbons (Fsp3) is 0.167. The molecule has 1 amide bonds. The van der Waals surface area contributed by atoms with E-state index < -0.39 is 0 Å². The summed E-state index contributed by atoms with van der Waals surface area (Å²) >= 11 is 7.80. The third-order valence-corrected chi connectivity index (χ3v) is 5.53. The monoisotopic (exact) mass is 370 g/mol. The van der Waals surface area contributed by atoms with Crippen LogP contribution >= 0.6 is 22.9 Å². The molecule has 25 heavy (non-hydrogen) atoms. The van der Waals surface area contributed by atoms with Gasteiger partial charge in [0.2, 0.25) is 0 Å². The standard InChI is InChI=1S/C18H15ClN4OS/c1-11(18-21-12-6-2-3-7-13(12)25-18)10-20-17(24)15-16(19)22-14-8-4-5-9-23(14)15/h2-9,11H,10H2,1H3,(H,20,24). The number of aromatic nitrogens is 3. The molecule has 5 nitrogen and oxygen atoms in total. The first kappa shape index (κ1) is 16.1. The molecule has 0 aliphatic carbocycles. The number of halogens is 1. The number of nitrogens with one attached hydrogen (secondary N) is 1. The molecule has 4 rings (SSSR count). The quantitative estimate of drug-likeness (QED) is 0.587. The molecule has 1 aromatic carbocycles. The molecule has 1 atom stereocenters. The summed E-state index contributed by atoms with van der Waals surface area (Å²) in [5, 5.41) is 4.15. The SMILES string of the molecule is CC(CNC(=O)c1c(Cl)nc2ccccn12)c1nc2ccccc2s1. The average Bonchev–Trinajstić information content (AvgIpc) is 3.19. The van der Waals surface area contributed by atoms with Crippen LogP contribution in [0.5, 0.6) is 0 Å². The zero-order chi connectivity index (χ0) is 17.4. The minimum Gasteiger partial charge on any atom is -0.350 e. The zero-order valence-corrected chi connectivity index (χ0v) is 15.0. The summed E-state index contributed by atoms with van der Waals surface area (Å²) in [5.74, 6) is -0.129. The Morgan fingerprint density at radius 2 is 2.04 bits per heavy atom. The molecule has 0 saturated carbocycles. The lowest BCUT2D eigenvalue weighted by Gasteiger charge is -2.10. The van der Waals surface area contributed by atoms with Crippen LogP contribution in [0.4, 0.5) is 0 Å². The highest BCUT2D eigenvalue weighted by molar-refractivity contribution is 7.18. The van der Waals surface area contributed by atoms with E-state index in [-0.39, 0.29) is 17.0 Å². The summed E-state index contributed by atoms with van der Waals surface area (Å²) < 4.78 is 2.85. The molecular formula is C18H15ClN4OS. The highest BCUT2D eigenvalue weighted by Crippen LogP contribution is 2.27. The number of thiazole rings is 1. The van der Waals surface area contributed by atoms with Gasteiger partial charge in [-0.3, -0.25) is 9.20 Å². The van der Waals surface area contributed by atoms with Crippen LogP contribution in [0.1, 0.15) is 28.3 Å². The highest BCUT2D eigenvalue weighted by atomic mass is 35.5. The Balaban J connectivity index is 1.52. The second-order valence-electron chi connectivity index (χ2n) is 5.81. The molecule has 7 heteroatoms. The average molecular weight is 371 g/mol. The van der Waals surface area contributed by atoms with Gasteiger partial charge in [0, 0.05) is 18.7 Å². The van der Waals surface area contributed by atoms with Gasteiger partial charge in [0.25, 0.3) is 5.91 Å². The molecule has 1 N–H and O–H groups in total. The maximum Gasteiger partial charge on any atom is 0.271 e. The molecule has 0 bridgehead atoms. The Morgan fingerprint density at radius 1 is 1.24 bits per heavy atom. The summed E-state index contributed by atoms with van der Waals surface area (Å²) in [7, 11) is 0. The van der Waals surface area contributed by atoms with Crippen LogP contribution in [0, 0.1) is 0 Å². The minimum atomic E-state index is -0.239. The van der Waals surface area contributed by atoms with Crippen molar-refractivity contribution in [3.63, 3.8) is 0 Å². The Hall–Kier alpha value is -2.44. The van der Waals surface area contributed by atoms with Crippen molar-refractivity contribution in [1.29, 1.82) is 0 Å². The maximum absolute atomic E-state index is 12.6. The molecule has 0 radical (unpaired) electrons. The van der Waals surface area contributed by atoms with Gasteiger partial charge in [-0.05, 0) is 24.3 Å². The van der Waals surface area contributed by atoms with E-state index in [1.807, 2.05) is 43.3 Å². The number of imidazole rings is 1. The lowest BCUT2D eigenvalue weighted by atomic mass is 10.2. The van der Waals surface area contributed by atoms with E-state index in [0.717, 1.165) is 15.2 Å². The number of hydrogen-bond donors (Lipinski definition) is 1. The van der Waals surface area contributed by atoms with Crippen LogP contribution < -0.4 is 5.32 Å². The van der Waals surface area contributed by atoms with E-state index in [2.05, 4.69) is 21.4 Å². The fourth-order valence-electron chi connectivity index (χ4n) is 2.69. The van der Waals surface area contributed by atoms with Crippen molar-refractivity contribution in [3.8, 4) is 0 Å². The molecular weight excluding hydrogens is 356 g/mol. The van der Waals surface area contributed by atoms with Crippen LogP contribution in [0.15, 0.2) is 48.7 Å². The predicted octanol–water partition coefficient (Wildman–Crippen LogP) is 4.13. The van der Waals surface area contributed by atoms with Crippen LogP contribution in [0.25, 0.3) is 15.9 Å². The topological polar surface area (TPSA) is 59.3 Å². The van der Waals surface area contributed by atoms with Crippen LogP contribution in [-0.2, 0) is 0 Å². The number of hydrogen-bond acceptors (Lipinski definition) is 4. The summed E-state index contributed by atoms with van der Waals surface area (Å²) in [6, 6.07) is 13.5. The van der Waals surface area contributed by atoms with Gasteiger partial charge < -0.3 is 5.32 Å². The molecule has 3 aromatic heterocycles. The lowest BCUT2D eigenvalue weighted by molar-refractivity contribution is 0.0946. The molecule has 0 aliphatic heterocycles. The third kappa shape index (κ3) is 2.99. The summed E-state index contributed by atoms with van der Waals surface area (Å²) in [5.41, 5.74) is 2.00. The number of para-hydroxylation sites is 1. The number of carbonyl (C=O) groups excluding carboxylic acids is 1. The molecule has 0 aliphatic rings. The predicted molar refractivity (Wildman–Crippen MR) is 101 cm³/mol. The molecule has 1 unspecified atom stereocenters. The van der Waals surface area contributed by atoms with Gasteiger partial charge in [-0.25, -0.2) is 9.97 Å². The maximum atomic E-state index is 12.6. The first-order valence-electron chi connectivity index (χ1n) is 7.90. The van der Waals surface area contributed by atoms with Crippen molar-refractivity contribution >= 4 is 44.7 Å². The van der Waals surface area contributed by atoms with E-state index in [9.17, 15) is 4.79 Å². The Bertz CT molecular complexity index is 1040. The number of nitrogens with zero attached hydrogens (tertiary/aromatic N) is 3. The van der Waals surface area contributed by atoms with Crippen molar-refractivity contribution in [2.75, 3.05) is 6.54 Å². The highest BCUT2D eigenvalue weighted by Gasteiger charge is 2.19. The Labute approximate surface area is 153 Å². The number of benzene rings is 1. The van der Waals surface area contributed by atoms with E-state index in [1.165, 1.54) is 0 Å². The normalized spacial score (nSPS) is 12.6.